The van der Waals surface area contributed by atoms with Crippen LogP contribution < -0.4 is 15.1 Å². The van der Waals surface area contributed by atoms with E-state index in [0.29, 0.717) is 41.3 Å². The Labute approximate surface area is 314 Å². The Kier molecular flexibility index (Phi) is 7.81. The Morgan fingerprint density at radius 3 is 2.46 bits per heavy atom. The SMILES string of the molecule is O=C(Nc1ccc(C(=O)N2CCc3cc(-c4nc5ccccc5[nH]4)sc3-c3ccc(F)cc32)cc1)c1cc2ccccc2nc1N1CC2(CCOCC2)C1. The van der Waals surface area contributed by atoms with Crippen molar-refractivity contribution in [2.75, 3.05) is 48.0 Å². The van der Waals surface area contributed by atoms with E-state index < -0.39 is 5.82 Å². The summed E-state index contributed by atoms with van der Waals surface area (Å²) >= 11 is 1.59. The number of ether oxygens (including phenoxy) is 1. The molecule has 2 amide bonds. The molecule has 1 spiro atoms. The molecule has 3 aromatic heterocycles. The molecular weight excluding hydrogens is 700 g/mol. The second kappa shape index (κ2) is 12.9. The molecule has 0 bridgehead atoms. The van der Waals surface area contributed by atoms with Gasteiger partial charge in [-0.15, -0.1) is 11.3 Å². The molecule has 11 heteroatoms. The minimum atomic E-state index is -0.411. The van der Waals surface area contributed by atoms with Crippen LogP contribution in [0.25, 0.3) is 43.1 Å². The zero-order chi connectivity index (χ0) is 36.4. The molecule has 2 N–H and O–H groups in total. The van der Waals surface area contributed by atoms with Gasteiger partial charge in [0, 0.05) is 65.3 Å². The molecule has 0 aliphatic carbocycles. The van der Waals surface area contributed by atoms with Gasteiger partial charge >= 0.3 is 0 Å². The fraction of sp³-hybridized carbons (Fsp3) is 0.209. The van der Waals surface area contributed by atoms with Crippen LogP contribution in [0.1, 0.15) is 39.1 Å². The summed E-state index contributed by atoms with van der Waals surface area (Å²) in [6, 6.07) is 31.3. The van der Waals surface area contributed by atoms with Gasteiger partial charge in [0.15, 0.2) is 0 Å². The summed E-state index contributed by atoms with van der Waals surface area (Å²) in [5, 5.41) is 3.94. The van der Waals surface area contributed by atoms with Crippen LogP contribution in [-0.4, -0.2) is 59.6 Å². The number of hydrogen-bond acceptors (Lipinski definition) is 7. The second-order valence-corrected chi connectivity index (χ2v) is 15.5. The number of imidazole rings is 1. The lowest BCUT2D eigenvalue weighted by Crippen LogP contribution is -2.59. The number of H-pyrrole nitrogens is 1. The van der Waals surface area contributed by atoms with Crippen LogP contribution in [0.5, 0.6) is 0 Å². The number of nitrogens with zero attached hydrogens (tertiary/aromatic N) is 4. The molecule has 9 nitrogen and oxygen atoms in total. The highest BCUT2D eigenvalue weighted by Gasteiger charge is 2.45. The van der Waals surface area contributed by atoms with Gasteiger partial charge in [-0.1, -0.05) is 30.3 Å². The van der Waals surface area contributed by atoms with Gasteiger partial charge in [0.1, 0.15) is 17.5 Å². The predicted octanol–water partition coefficient (Wildman–Crippen LogP) is 8.72. The van der Waals surface area contributed by atoms with Crippen molar-refractivity contribution >= 4 is 62.3 Å². The zero-order valence-electron chi connectivity index (χ0n) is 29.3. The topological polar surface area (TPSA) is 103 Å². The third-order valence-corrected chi connectivity index (χ3v) is 12.2. The van der Waals surface area contributed by atoms with Crippen molar-refractivity contribution in [3.63, 3.8) is 0 Å². The lowest BCUT2D eigenvalue weighted by atomic mass is 9.73. The number of rotatable bonds is 5. The molecule has 0 unspecified atom stereocenters. The van der Waals surface area contributed by atoms with Gasteiger partial charge in [-0.3, -0.25) is 9.59 Å². The molecule has 10 rings (SSSR count). The van der Waals surface area contributed by atoms with E-state index in [-0.39, 0.29) is 17.2 Å². The van der Waals surface area contributed by atoms with Crippen LogP contribution in [0.4, 0.5) is 21.6 Å². The van der Waals surface area contributed by atoms with Crippen LogP contribution in [0, 0.1) is 11.2 Å². The van der Waals surface area contributed by atoms with Crippen molar-refractivity contribution in [1.29, 1.82) is 0 Å². The summed E-state index contributed by atoms with van der Waals surface area (Å²) in [6.07, 6.45) is 2.62. The van der Waals surface area contributed by atoms with Crippen molar-refractivity contribution in [1.82, 2.24) is 15.0 Å². The lowest BCUT2D eigenvalue weighted by Gasteiger charge is -2.53. The molecule has 6 heterocycles. The van der Waals surface area contributed by atoms with E-state index in [1.54, 1.807) is 46.6 Å². The molecular formula is C43H35FN6O3S. The van der Waals surface area contributed by atoms with Crippen LogP contribution >= 0.6 is 11.3 Å². The molecule has 54 heavy (non-hydrogen) atoms. The first-order valence-electron chi connectivity index (χ1n) is 18.2. The number of hydrogen-bond donors (Lipinski definition) is 2. The van der Waals surface area contributed by atoms with E-state index in [1.807, 2.05) is 54.6 Å². The Bertz CT molecular complexity index is 2570. The first-order valence-corrected chi connectivity index (χ1v) is 19.0. The average Bonchev–Trinajstić information content (AvgIpc) is 3.79. The quantitative estimate of drug-likeness (QED) is 0.183. The van der Waals surface area contributed by atoms with Gasteiger partial charge in [0.25, 0.3) is 11.8 Å². The van der Waals surface area contributed by atoms with Gasteiger partial charge in [-0.2, -0.15) is 0 Å². The van der Waals surface area contributed by atoms with Crippen molar-refractivity contribution < 1.29 is 18.7 Å². The largest absolute Gasteiger partial charge is 0.381 e. The standard InChI is InChI=1S/C43H35FN6O3S/c44-29-11-14-31-36(23-29)50(18-15-28-22-37(54-38(28)31)39-46-34-7-3-4-8-35(34)47-39)42(52)26-9-12-30(13-10-26)45-41(51)32-21-27-5-1-2-6-33(27)48-40(32)49-24-43(25-49)16-19-53-20-17-43/h1-14,21-23H,15-20,24-25H2,(H,45,51)(H,46,47). The minimum Gasteiger partial charge on any atom is -0.381 e. The molecule has 3 aliphatic heterocycles. The Balaban J connectivity index is 0.899. The molecule has 3 aliphatic rings. The number of fused-ring (bicyclic) bond motifs is 5. The van der Waals surface area contributed by atoms with E-state index >= 15 is 0 Å². The van der Waals surface area contributed by atoms with Crippen LogP contribution in [0.2, 0.25) is 0 Å². The average molecular weight is 735 g/mol. The fourth-order valence-electron chi connectivity index (χ4n) is 8.11. The molecule has 268 valence electrons. The maximum Gasteiger partial charge on any atom is 0.259 e. The normalized spacial score (nSPS) is 16.2. The molecule has 2 saturated heterocycles. The van der Waals surface area contributed by atoms with E-state index in [0.717, 1.165) is 87.8 Å². The monoisotopic (exact) mass is 734 g/mol. The van der Waals surface area contributed by atoms with Gasteiger partial charge in [0.2, 0.25) is 0 Å². The Morgan fingerprint density at radius 1 is 0.870 bits per heavy atom. The number of halogens is 1. The fourth-order valence-corrected chi connectivity index (χ4v) is 9.30. The summed E-state index contributed by atoms with van der Waals surface area (Å²) in [5.74, 6) is 0.551. The van der Waals surface area contributed by atoms with E-state index in [1.165, 1.54) is 12.1 Å². The number of para-hydroxylation sites is 3. The first kappa shape index (κ1) is 32.7. The number of aromatic amines is 1. The highest BCUT2D eigenvalue weighted by Crippen LogP contribution is 2.45. The van der Waals surface area contributed by atoms with Crippen LogP contribution in [-0.2, 0) is 11.2 Å². The van der Waals surface area contributed by atoms with Gasteiger partial charge in [-0.05, 0) is 97.6 Å². The van der Waals surface area contributed by atoms with E-state index in [4.69, 9.17) is 14.7 Å². The Morgan fingerprint density at radius 2 is 1.65 bits per heavy atom. The summed E-state index contributed by atoms with van der Waals surface area (Å²) in [4.78, 5) is 47.0. The Hall–Kier alpha value is -5.91. The van der Waals surface area contributed by atoms with Crippen molar-refractivity contribution in [3.8, 4) is 21.1 Å². The number of carbonyl (C=O) groups is 2. The highest BCUT2D eigenvalue weighted by atomic mass is 32.1. The number of benzene rings is 4. The van der Waals surface area contributed by atoms with Gasteiger partial charge < -0.3 is 24.8 Å². The molecule has 7 aromatic rings. The minimum absolute atomic E-state index is 0.214. The predicted molar refractivity (Wildman–Crippen MR) is 211 cm³/mol. The van der Waals surface area contributed by atoms with Crippen LogP contribution in [0.15, 0.2) is 103 Å². The maximum atomic E-state index is 14.8. The number of anilines is 3. The smallest absolute Gasteiger partial charge is 0.259 e. The van der Waals surface area contributed by atoms with Crippen molar-refractivity contribution in [2.24, 2.45) is 5.41 Å². The lowest BCUT2D eigenvalue weighted by molar-refractivity contribution is -0.000490. The molecule has 0 atom stereocenters. The number of carbonyl (C=O) groups excluding carboxylic acids is 2. The molecule has 0 radical (unpaired) electrons. The van der Waals surface area contributed by atoms with E-state index in [9.17, 15) is 14.0 Å². The number of thiophene rings is 1. The number of nitrogens with one attached hydrogen (secondary N) is 2. The third-order valence-electron chi connectivity index (χ3n) is 11.0. The summed E-state index contributed by atoms with van der Waals surface area (Å²) < 4.78 is 20.4. The van der Waals surface area contributed by atoms with Crippen LogP contribution in [0.3, 0.4) is 0 Å². The summed E-state index contributed by atoms with van der Waals surface area (Å²) in [5.41, 5.74) is 6.84. The first-order chi connectivity index (χ1) is 26.4. The molecule has 4 aromatic carbocycles. The number of aromatic nitrogens is 3. The molecule has 0 saturated carbocycles. The summed E-state index contributed by atoms with van der Waals surface area (Å²) in [7, 11) is 0. The van der Waals surface area contributed by atoms with Crippen molar-refractivity contribution in [3.05, 3.63) is 126 Å². The van der Waals surface area contributed by atoms with Gasteiger partial charge in [-0.25, -0.2) is 14.4 Å². The maximum absolute atomic E-state index is 14.8. The number of pyridine rings is 1. The van der Waals surface area contributed by atoms with Crippen molar-refractivity contribution in [2.45, 2.75) is 19.3 Å². The number of amides is 2. The molecule has 2 fully saturated rings. The summed E-state index contributed by atoms with van der Waals surface area (Å²) in [6.45, 7) is 3.61. The second-order valence-electron chi connectivity index (χ2n) is 14.5. The highest BCUT2D eigenvalue weighted by molar-refractivity contribution is 7.19. The third kappa shape index (κ3) is 5.71. The zero-order valence-corrected chi connectivity index (χ0v) is 30.1. The van der Waals surface area contributed by atoms with E-state index in [2.05, 4.69) is 21.3 Å². The van der Waals surface area contributed by atoms with Gasteiger partial charge in [0.05, 0.1) is 32.7 Å².